The lowest BCUT2D eigenvalue weighted by Crippen LogP contribution is -2.33. The molecule has 5 nitrogen and oxygen atoms in total. The molecule has 7 rings (SSSR count). The first-order chi connectivity index (χ1) is 27.4. The summed E-state index contributed by atoms with van der Waals surface area (Å²) in [4.78, 5) is 14.8. The molecule has 0 amide bonds. The van der Waals surface area contributed by atoms with Crippen molar-refractivity contribution in [3.63, 3.8) is 0 Å². The van der Waals surface area contributed by atoms with Crippen LogP contribution in [0.4, 0.5) is 17.6 Å². The zero-order valence-electron chi connectivity index (χ0n) is 32.8. The first-order valence-electron chi connectivity index (χ1n) is 19.5. The Morgan fingerprint density at radius 2 is 1.32 bits per heavy atom. The van der Waals surface area contributed by atoms with Crippen LogP contribution in [0, 0.1) is 26.7 Å². The summed E-state index contributed by atoms with van der Waals surface area (Å²) in [5.41, 5.74) is 7.54. The molecule has 1 aromatic heterocycles. The van der Waals surface area contributed by atoms with Gasteiger partial charge < -0.3 is 14.5 Å². The summed E-state index contributed by atoms with van der Waals surface area (Å²) in [6.07, 6.45) is 0.431. The first kappa shape index (κ1) is 39.5. The summed E-state index contributed by atoms with van der Waals surface area (Å²) < 4.78 is 60.1. The quantitative estimate of drug-likeness (QED) is 0.0393. The summed E-state index contributed by atoms with van der Waals surface area (Å²) >= 11 is 0. The predicted octanol–water partition coefficient (Wildman–Crippen LogP) is 13.0. The fourth-order valence-electron chi connectivity index (χ4n) is 8.46. The number of hydrogen-bond acceptors (Lipinski definition) is 4. The third-order valence-corrected chi connectivity index (χ3v) is 11.2. The molecule has 0 aliphatic rings. The number of nitrogens with zero attached hydrogens (tertiary/aromatic N) is 2. The van der Waals surface area contributed by atoms with Crippen molar-refractivity contribution in [2.45, 2.75) is 79.2 Å². The van der Waals surface area contributed by atoms with Gasteiger partial charge in [-0.1, -0.05) is 104 Å². The van der Waals surface area contributed by atoms with E-state index in [0.29, 0.717) is 28.2 Å². The van der Waals surface area contributed by atoms with Crippen LogP contribution in [-0.4, -0.2) is 40.2 Å². The van der Waals surface area contributed by atoms with Crippen LogP contribution in [0.1, 0.15) is 83.3 Å². The molecule has 0 fully saturated rings. The molecule has 6 aromatic carbocycles. The molecule has 0 bridgehead atoms. The van der Waals surface area contributed by atoms with Crippen LogP contribution < -0.4 is 4.74 Å². The minimum Gasteiger partial charge on any atom is -0.487 e. The van der Waals surface area contributed by atoms with E-state index in [1.165, 1.54) is 12.1 Å². The number of hydrogen-bond donors (Lipinski definition) is 1. The zero-order chi connectivity index (χ0) is 40.6. The third-order valence-electron chi connectivity index (χ3n) is 11.2. The molecule has 294 valence electrons. The smallest absolute Gasteiger partial charge is 0.340 e. The van der Waals surface area contributed by atoms with Crippen LogP contribution in [0.5, 0.6) is 5.75 Å². The molecule has 0 radical (unpaired) electrons. The molecule has 0 aliphatic heterocycles. The van der Waals surface area contributed by atoms with Crippen LogP contribution in [0.3, 0.4) is 0 Å². The fourth-order valence-corrected chi connectivity index (χ4v) is 8.46. The van der Waals surface area contributed by atoms with Gasteiger partial charge in [0.05, 0.1) is 11.0 Å². The van der Waals surface area contributed by atoms with Gasteiger partial charge >= 0.3 is 12.3 Å². The first-order valence-corrected chi connectivity index (χ1v) is 19.5. The number of benzene rings is 6. The van der Waals surface area contributed by atoms with Gasteiger partial charge in [-0.2, -0.15) is 8.78 Å². The van der Waals surface area contributed by atoms with E-state index < -0.39 is 19.0 Å². The SMILES string of the molecule is CCCCC(CC)Cn1c2c3ccccc3c(C(=O)c3c(C)cc(C)cc3C)cc2c2cc(C(=NO)c3ccc(OCC(F)(F)C(F)F)cc3)c3ccccc3c21. The summed E-state index contributed by atoms with van der Waals surface area (Å²) in [5.74, 6) is -3.98. The Morgan fingerprint density at radius 1 is 0.772 bits per heavy atom. The monoisotopic (exact) mass is 774 g/mol. The van der Waals surface area contributed by atoms with Crippen molar-refractivity contribution in [3.05, 3.63) is 136 Å². The van der Waals surface area contributed by atoms with E-state index in [4.69, 9.17) is 4.74 Å². The van der Waals surface area contributed by atoms with Gasteiger partial charge in [-0.15, -0.1) is 0 Å². The highest BCUT2D eigenvalue weighted by molar-refractivity contribution is 6.31. The second kappa shape index (κ2) is 16.0. The van der Waals surface area contributed by atoms with Gasteiger partial charge in [0.2, 0.25) is 0 Å². The van der Waals surface area contributed by atoms with Crippen molar-refractivity contribution in [3.8, 4) is 5.75 Å². The summed E-state index contributed by atoms with van der Waals surface area (Å²) in [6.45, 7) is 9.71. The molecule has 1 atom stereocenters. The standard InChI is InChI=1S/C48H46F4N2O3/c1-6-8-13-31(7-2)26-54-44-36-16-11-9-14-34(36)38(43(53-56)32-18-20-33(21-19-32)57-27-48(51,52)47(49)50)24-39(44)40-25-41(35-15-10-12-17-37(35)45(40)54)46(55)42-29(4)22-28(3)23-30(42)5/h9-12,14-25,31,47,56H,6-8,13,26-27H2,1-5H3. The normalized spacial score (nSPS) is 13.1. The minimum absolute atomic E-state index is 0.0311. The van der Waals surface area contributed by atoms with Crippen molar-refractivity contribution in [2.24, 2.45) is 11.1 Å². The fraction of sp³-hybridized carbons (Fsp3) is 0.292. The van der Waals surface area contributed by atoms with Crippen LogP contribution in [0.15, 0.2) is 102 Å². The summed E-state index contributed by atoms with van der Waals surface area (Å²) in [7, 11) is 0. The number of rotatable bonds is 14. The Kier molecular flexibility index (Phi) is 11.1. The number of carbonyl (C=O) groups is 1. The molecule has 0 spiro atoms. The molecule has 7 aromatic rings. The maximum atomic E-state index is 14.8. The lowest BCUT2D eigenvalue weighted by Gasteiger charge is -2.20. The van der Waals surface area contributed by atoms with Gasteiger partial charge in [-0.3, -0.25) is 4.79 Å². The van der Waals surface area contributed by atoms with E-state index in [1.54, 1.807) is 12.1 Å². The second-order valence-corrected chi connectivity index (χ2v) is 15.2. The van der Waals surface area contributed by atoms with Gasteiger partial charge in [0.15, 0.2) is 12.4 Å². The number of ketones is 1. The van der Waals surface area contributed by atoms with Gasteiger partial charge in [0.1, 0.15) is 11.5 Å². The maximum Gasteiger partial charge on any atom is 0.340 e. The number of halogens is 4. The molecule has 1 heterocycles. The summed E-state index contributed by atoms with van der Waals surface area (Å²) in [6, 6.07) is 30.0. The van der Waals surface area contributed by atoms with Crippen LogP contribution in [0.2, 0.25) is 0 Å². The van der Waals surface area contributed by atoms with Crippen molar-refractivity contribution in [1.29, 1.82) is 0 Å². The second-order valence-electron chi connectivity index (χ2n) is 15.2. The Hall–Kier alpha value is -5.70. The average molecular weight is 775 g/mol. The highest BCUT2D eigenvalue weighted by atomic mass is 19.3. The Bertz CT molecular complexity index is 2640. The van der Waals surface area contributed by atoms with E-state index in [9.17, 15) is 27.6 Å². The van der Waals surface area contributed by atoms with Crippen molar-refractivity contribution < 1.29 is 32.3 Å². The molecule has 1 N–H and O–H groups in total. The van der Waals surface area contributed by atoms with Crippen LogP contribution >= 0.6 is 0 Å². The third kappa shape index (κ3) is 7.36. The van der Waals surface area contributed by atoms with Crippen molar-refractivity contribution in [1.82, 2.24) is 4.57 Å². The van der Waals surface area contributed by atoms with Gasteiger partial charge in [0.25, 0.3) is 0 Å². The highest BCUT2D eigenvalue weighted by Crippen LogP contribution is 2.42. The van der Waals surface area contributed by atoms with Crippen LogP contribution in [0.25, 0.3) is 43.4 Å². The Labute approximate surface area is 329 Å². The number of aryl methyl sites for hydroxylation is 3. The van der Waals surface area contributed by atoms with Gasteiger partial charge in [-0.05, 0) is 91.4 Å². The molecule has 0 saturated carbocycles. The molecule has 1 unspecified atom stereocenters. The molecule has 9 heteroatoms. The molecular formula is C48H46F4N2O3. The van der Waals surface area contributed by atoms with Crippen LogP contribution in [-0.2, 0) is 6.54 Å². The number of carbonyl (C=O) groups excluding carboxylic acids is 1. The van der Waals surface area contributed by atoms with E-state index in [0.717, 1.165) is 92.3 Å². The molecule has 57 heavy (non-hydrogen) atoms. The number of ether oxygens (including phenoxy) is 1. The average Bonchev–Trinajstić information content (AvgIpc) is 3.51. The lowest BCUT2D eigenvalue weighted by molar-refractivity contribution is -0.148. The van der Waals surface area contributed by atoms with Crippen molar-refractivity contribution >= 4 is 54.8 Å². The van der Waals surface area contributed by atoms with E-state index >= 15 is 0 Å². The maximum absolute atomic E-state index is 14.8. The zero-order valence-corrected chi connectivity index (χ0v) is 32.8. The predicted molar refractivity (Wildman–Crippen MR) is 222 cm³/mol. The number of aromatic nitrogens is 1. The Morgan fingerprint density at radius 3 is 1.84 bits per heavy atom. The van der Waals surface area contributed by atoms with E-state index in [2.05, 4.69) is 35.7 Å². The van der Waals surface area contributed by atoms with Gasteiger partial charge in [0, 0.05) is 50.3 Å². The lowest BCUT2D eigenvalue weighted by atomic mass is 9.89. The molecular weight excluding hydrogens is 729 g/mol. The number of fused-ring (bicyclic) bond motifs is 7. The highest BCUT2D eigenvalue weighted by Gasteiger charge is 2.41. The van der Waals surface area contributed by atoms with E-state index in [1.807, 2.05) is 81.4 Å². The molecule has 0 saturated heterocycles. The van der Waals surface area contributed by atoms with E-state index in [-0.39, 0.29) is 17.2 Å². The van der Waals surface area contributed by atoms with Gasteiger partial charge in [-0.25, -0.2) is 8.78 Å². The number of unbranched alkanes of at least 4 members (excludes halogenated alkanes) is 1. The topological polar surface area (TPSA) is 63.8 Å². The molecule has 0 aliphatic carbocycles. The Balaban J connectivity index is 1.50. The van der Waals surface area contributed by atoms with Crippen molar-refractivity contribution in [2.75, 3.05) is 6.61 Å². The number of oxime groups is 1. The largest absolute Gasteiger partial charge is 0.487 e. The summed E-state index contributed by atoms with van der Waals surface area (Å²) in [5, 5.41) is 19.8. The minimum atomic E-state index is -4.30. The number of alkyl halides is 4.